The lowest BCUT2D eigenvalue weighted by Gasteiger charge is -2.11. The Kier molecular flexibility index (Phi) is 13.8. The van der Waals surface area contributed by atoms with Crippen LogP contribution in [0.2, 0.25) is 0 Å². The van der Waals surface area contributed by atoms with E-state index in [0.29, 0.717) is 68.7 Å². The van der Waals surface area contributed by atoms with Crippen LogP contribution in [0.4, 0.5) is 0 Å². The molecule has 21 nitrogen and oxygen atoms in total. The van der Waals surface area contributed by atoms with Crippen LogP contribution in [0.1, 0.15) is 16.7 Å². The summed E-state index contributed by atoms with van der Waals surface area (Å²) in [7, 11) is 4.88. The average Bonchev–Trinajstić information content (AvgIpc) is 4.27. The molecule has 12 rings (SSSR count). The molecule has 0 atom stereocenters. The molecule has 78 heavy (non-hydrogen) atoms. The first-order valence-corrected chi connectivity index (χ1v) is 24.1. The molecule has 0 aliphatic carbocycles. The molecule has 0 saturated carbocycles. The van der Waals surface area contributed by atoms with Crippen molar-refractivity contribution in [2.45, 2.75) is 20.8 Å². The Labute approximate surface area is 440 Å². The second kappa shape index (κ2) is 21.2. The monoisotopic (exact) mass is 1040 g/mol. The Morgan fingerprint density at radius 1 is 0.359 bits per heavy atom. The van der Waals surface area contributed by atoms with Gasteiger partial charge in [0.25, 0.3) is 16.7 Å². The van der Waals surface area contributed by atoms with Gasteiger partial charge in [-0.2, -0.15) is 0 Å². The predicted molar refractivity (Wildman–Crippen MR) is 293 cm³/mol. The number of benzene rings is 3. The number of nitrogens with zero attached hydrogens (tertiary/aromatic N) is 9. The number of nitrogens with one attached hydrogen (secondary N) is 3. The van der Waals surface area contributed by atoms with Crippen LogP contribution in [0.5, 0.6) is 34.9 Å². The molecular formula is C57H48N12O9. The molecule has 0 aliphatic heterocycles. The van der Waals surface area contributed by atoms with Crippen molar-refractivity contribution in [3.8, 4) is 68.7 Å². The van der Waals surface area contributed by atoms with E-state index >= 15 is 0 Å². The fourth-order valence-corrected chi connectivity index (χ4v) is 8.88. The van der Waals surface area contributed by atoms with Gasteiger partial charge in [-0.25, -0.2) is 29.3 Å². The molecule has 3 aromatic carbocycles. The first kappa shape index (κ1) is 50.7. The van der Waals surface area contributed by atoms with Crippen LogP contribution >= 0.6 is 0 Å². The van der Waals surface area contributed by atoms with Gasteiger partial charge in [-0.15, -0.1) is 0 Å². The quantitative estimate of drug-likeness (QED) is 0.128. The van der Waals surface area contributed by atoms with E-state index in [-0.39, 0.29) is 16.7 Å². The van der Waals surface area contributed by atoms with Gasteiger partial charge in [0, 0.05) is 93.6 Å². The van der Waals surface area contributed by atoms with E-state index in [1.807, 2.05) is 123 Å². The van der Waals surface area contributed by atoms with Crippen molar-refractivity contribution in [1.29, 1.82) is 0 Å². The van der Waals surface area contributed by atoms with Crippen molar-refractivity contribution in [3.05, 3.63) is 244 Å². The van der Waals surface area contributed by atoms with Gasteiger partial charge < -0.3 is 27.4 Å². The number of aromatic nitrogens is 12. The van der Waals surface area contributed by atoms with Crippen molar-refractivity contribution in [3.63, 3.8) is 0 Å². The van der Waals surface area contributed by atoms with Gasteiger partial charge >= 0.3 is 17.1 Å². The Morgan fingerprint density at radius 2 is 0.615 bits per heavy atom. The SMILES string of the molecule is Cc1c(-c2ccc(Oc3nccn4cccc34)cc2)n(C)c(=O)[nH]c1=O.Cc1c(-c2ccc(Oc3nccn4cccc34)cc2)n(C)c(=O)[nH]c1=O.Cc1c(-c2ccc(Oc3nccn4cccc34)cc2)n(C)c(=O)[nH]c1=O. The molecule has 390 valence electrons. The lowest BCUT2D eigenvalue weighted by Crippen LogP contribution is -2.31. The fraction of sp³-hybridized carbons (Fsp3) is 0.105. The van der Waals surface area contributed by atoms with Gasteiger partial charge in [0.2, 0.25) is 17.6 Å². The van der Waals surface area contributed by atoms with E-state index in [0.717, 1.165) is 33.2 Å². The van der Waals surface area contributed by atoms with Crippen molar-refractivity contribution < 1.29 is 14.2 Å². The molecule has 0 radical (unpaired) electrons. The highest BCUT2D eigenvalue weighted by molar-refractivity contribution is 5.67. The fourth-order valence-electron chi connectivity index (χ4n) is 8.88. The highest BCUT2D eigenvalue weighted by Gasteiger charge is 2.16. The van der Waals surface area contributed by atoms with E-state index in [4.69, 9.17) is 14.2 Å². The van der Waals surface area contributed by atoms with Gasteiger partial charge in [-0.3, -0.25) is 43.0 Å². The molecule has 0 saturated heterocycles. The normalized spacial score (nSPS) is 11.0. The maximum absolute atomic E-state index is 11.9. The molecule has 0 amide bonds. The van der Waals surface area contributed by atoms with E-state index in [1.54, 1.807) is 96.9 Å². The molecule has 9 heterocycles. The molecule has 0 spiro atoms. The Hall–Kier alpha value is -10.8. The standard InChI is InChI=1S/3C19H16N4O3/c3*1-12-16(22(2)19(25)21-17(12)24)13-5-7-14(8-6-13)26-18-15-4-3-10-23(15)11-9-20-18/h3*3-11H,1-2H3,(H,21,24,25). The Balaban J connectivity index is 0.000000132. The van der Waals surface area contributed by atoms with E-state index < -0.39 is 17.1 Å². The summed E-state index contributed by atoms with van der Waals surface area (Å²) < 4.78 is 27.7. The first-order valence-electron chi connectivity index (χ1n) is 24.1. The van der Waals surface area contributed by atoms with Crippen LogP contribution in [0.25, 0.3) is 50.3 Å². The van der Waals surface area contributed by atoms with Gasteiger partial charge in [0.15, 0.2) is 0 Å². The lowest BCUT2D eigenvalue weighted by atomic mass is 10.1. The Morgan fingerprint density at radius 3 is 0.872 bits per heavy atom. The number of H-pyrrole nitrogens is 3. The van der Waals surface area contributed by atoms with Crippen LogP contribution < -0.4 is 48.0 Å². The minimum Gasteiger partial charge on any atom is -0.437 e. The smallest absolute Gasteiger partial charge is 0.328 e. The van der Waals surface area contributed by atoms with Gasteiger partial charge in [0.05, 0.1) is 17.1 Å². The van der Waals surface area contributed by atoms with E-state index in [9.17, 15) is 28.8 Å². The van der Waals surface area contributed by atoms with E-state index in [2.05, 4.69) is 29.9 Å². The molecule has 0 aliphatic rings. The number of hydrogen-bond donors (Lipinski definition) is 3. The van der Waals surface area contributed by atoms with Gasteiger partial charge in [-0.05, 0) is 147 Å². The zero-order valence-corrected chi connectivity index (χ0v) is 42.8. The van der Waals surface area contributed by atoms with Crippen LogP contribution in [0.3, 0.4) is 0 Å². The first-order chi connectivity index (χ1) is 37.6. The van der Waals surface area contributed by atoms with Crippen molar-refractivity contribution >= 4 is 16.6 Å². The number of hydrogen-bond acceptors (Lipinski definition) is 12. The van der Waals surface area contributed by atoms with Crippen LogP contribution in [0, 0.1) is 20.8 Å². The third kappa shape index (κ3) is 10.1. The van der Waals surface area contributed by atoms with Crippen LogP contribution in [-0.4, -0.2) is 56.8 Å². The van der Waals surface area contributed by atoms with Crippen molar-refractivity contribution in [2.75, 3.05) is 0 Å². The van der Waals surface area contributed by atoms with E-state index in [1.165, 1.54) is 13.7 Å². The molecule has 21 heteroatoms. The maximum Gasteiger partial charge on any atom is 0.328 e. The van der Waals surface area contributed by atoms with Crippen LogP contribution in [0.15, 0.2) is 194 Å². The summed E-state index contributed by atoms with van der Waals surface area (Å²) in [5, 5.41) is 0. The minimum atomic E-state index is -0.444. The highest BCUT2D eigenvalue weighted by atomic mass is 16.5. The van der Waals surface area contributed by atoms with Crippen LogP contribution in [-0.2, 0) is 21.1 Å². The van der Waals surface area contributed by atoms with Crippen molar-refractivity contribution in [2.24, 2.45) is 21.1 Å². The average molecular weight is 1050 g/mol. The number of ether oxygens (including phenoxy) is 3. The molecule has 0 bridgehead atoms. The predicted octanol–water partition coefficient (Wildman–Crippen LogP) is 7.47. The zero-order valence-electron chi connectivity index (χ0n) is 42.8. The molecule has 3 N–H and O–H groups in total. The van der Waals surface area contributed by atoms with Gasteiger partial charge in [-0.1, -0.05) is 0 Å². The summed E-state index contributed by atoms with van der Waals surface area (Å²) in [5.74, 6) is 3.36. The molecule has 12 aromatic rings. The topological polar surface area (TPSA) is 244 Å². The highest BCUT2D eigenvalue weighted by Crippen LogP contribution is 2.31. The number of rotatable bonds is 9. The second-order valence-corrected chi connectivity index (χ2v) is 17.9. The number of fused-ring (bicyclic) bond motifs is 3. The third-order valence-electron chi connectivity index (χ3n) is 12.9. The molecule has 0 fully saturated rings. The summed E-state index contributed by atoms with van der Waals surface area (Å²) in [4.78, 5) is 91.0. The summed E-state index contributed by atoms with van der Waals surface area (Å²) >= 11 is 0. The largest absolute Gasteiger partial charge is 0.437 e. The summed E-state index contributed by atoms with van der Waals surface area (Å²) in [6.45, 7) is 5.07. The third-order valence-corrected chi connectivity index (χ3v) is 12.9. The zero-order chi connectivity index (χ0) is 54.8. The molecule has 0 unspecified atom stereocenters. The number of aromatic amines is 3. The summed E-state index contributed by atoms with van der Waals surface area (Å²) in [6.07, 6.45) is 16.3. The maximum atomic E-state index is 11.9. The summed E-state index contributed by atoms with van der Waals surface area (Å²) in [5.41, 5.74) is 5.59. The van der Waals surface area contributed by atoms with Gasteiger partial charge in [0.1, 0.15) is 33.8 Å². The molecular weight excluding hydrogens is 997 g/mol. The summed E-state index contributed by atoms with van der Waals surface area (Å²) in [6, 6.07) is 33.1. The lowest BCUT2D eigenvalue weighted by molar-refractivity contribution is 0.466. The minimum absolute atomic E-state index is 0.382. The second-order valence-electron chi connectivity index (χ2n) is 17.9. The van der Waals surface area contributed by atoms with Crippen molar-refractivity contribution in [1.82, 2.24) is 56.8 Å². The molecule has 9 aromatic heterocycles. The Bertz CT molecular complexity index is 4010.